The van der Waals surface area contributed by atoms with Gasteiger partial charge in [0.1, 0.15) is 0 Å². The Kier molecular flexibility index (Phi) is 6.17. The van der Waals surface area contributed by atoms with Gasteiger partial charge in [0.25, 0.3) is 0 Å². The Labute approximate surface area is 91.7 Å². The van der Waals surface area contributed by atoms with E-state index in [0.717, 1.165) is 13.1 Å². The van der Waals surface area contributed by atoms with Crippen LogP contribution in [-0.2, 0) is 15.6 Å². The predicted octanol–water partition coefficient (Wildman–Crippen LogP) is 2.56. The van der Waals surface area contributed by atoms with E-state index in [4.69, 9.17) is 4.52 Å². The van der Waals surface area contributed by atoms with Crippen molar-refractivity contribution in [1.29, 1.82) is 0 Å². The maximum absolute atomic E-state index is 11.1. The van der Waals surface area contributed by atoms with E-state index in [0.29, 0.717) is 12.8 Å². The van der Waals surface area contributed by atoms with Gasteiger partial charge in [0, 0.05) is 13.1 Å². The van der Waals surface area contributed by atoms with Crippen molar-refractivity contribution in [2.75, 3.05) is 19.3 Å². The molecule has 0 aliphatic heterocycles. The summed E-state index contributed by atoms with van der Waals surface area (Å²) in [7, 11) is -1.47. The van der Waals surface area contributed by atoms with Crippen molar-refractivity contribution in [3.05, 3.63) is 35.9 Å². The van der Waals surface area contributed by atoms with Gasteiger partial charge in [-0.05, 0) is 17.1 Å². The van der Waals surface area contributed by atoms with Crippen LogP contribution in [0.25, 0.3) is 0 Å². The second kappa shape index (κ2) is 7.52. The summed E-state index contributed by atoms with van der Waals surface area (Å²) in [6.45, 7) is 3.92. The maximum Gasteiger partial charge on any atom is 0.509 e. The third kappa shape index (κ3) is 5.63. The van der Waals surface area contributed by atoms with Crippen LogP contribution >= 0.6 is 8.03 Å². The number of hydrogen-bond donors (Lipinski definition) is 1. The Morgan fingerprint density at radius 2 is 2.07 bits per heavy atom. The van der Waals surface area contributed by atoms with Crippen LogP contribution in [0, 0.1) is 0 Å². The van der Waals surface area contributed by atoms with Gasteiger partial charge in [0.2, 0.25) is 0 Å². The molecule has 0 heterocycles. The molecule has 1 atom stereocenters. The summed E-state index contributed by atoms with van der Waals surface area (Å²) in [5, 5.41) is 3.23. The lowest BCUT2D eigenvalue weighted by atomic mass is 10.2. The summed E-state index contributed by atoms with van der Waals surface area (Å²) < 4.78 is 16.1. The van der Waals surface area contributed by atoms with E-state index in [1.165, 1.54) is 5.56 Å². The van der Waals surface area contributed by atoms with E-state index in [2.05, 4.69) is 17.4 Å². The van der Waals surface area contributed by atoms with Crippen LogP contribution in [0.4, 0.5) is 0 Å². The number of rotatable bonds is 7. The molecule has 0 saturated carbocycles. The molecule has 1 rings (SSSR count). The standard InChI is InChI=1S/C11H17NO2P/c1-2-14-15(13)9-8-12-10-11-6-4-3-5-7-11/h3-7,12H,2,8-10H2,1H3/q+1. The van der Waals surface area contributed by atoms with Crippen molar-refractivity contribution in [3.63, 3.8) is 0 Å². The molecule has 3 nitrogen and oxygen atoms in total. The smallest absolute Gasteiger partial charge is 0.308 e. The lowest BCUT2D eigenvalue weighted by molar-refractivity contribution is 0.350. The Balaban J connectivity index is 2.10. The van der Waals surface area contributed by atoms with Gasteiger partial charge >= 0.3 is 8.03 Å². The first-order valence-corrected chi connectivity index (χ1v) is 6.51. The third-order valence-electron chi connectivity index (χ3n) is 1.92. The van der Waals surface area contributed by atoms with E-state index >= 15 is 0 Å². The fourth-order valence-corrected chi connectivity index (χ4v) is 1.97. The molecule has 1 N–H and O–H groups in total. The normalized spacial score (nSPS) is 11.4. The van der Waals surface area contributed by atoms with Crippen LogP contribution in [0.15, 0.2) is 30.3 Å². The fraction of sp³-hybridized carbons (Fsp3) is 0.455. The molecule has 4 heteroatoms. The van der Waals surface area contributed by atoms with Crippen LogP contribution < -0.4 is 5.32 Å². The van der Waals surface area contributed by atoms with Gasteiger partial charge < -0.3 is 5.32 Å². The Hall–Kier alpha value is -0.760. The molecule has 0 aliphatic carbocycles. The topological polar surface area (TPSA) is 38.3 Å². The first-order valence-electron chi connectivity index (χ1n) is 5.15. The van der Waals surface area contributed by atoms with Gasteiger partial charge in [-0.25, -0.2) is 0 Å². The van der Waals surface area contributed by atoms with Gasteiger partial charge in [0.15, 0.2) is 6.16 Å². The highest BCUT2D eigenvalue weighted by Gasteiger charge is 2.14. The average Bonchev–Trinajstić information content (AvgIpc) is 2.26. The average molecular weight is 226 g/mol. The van der Waals surface area contributed by atoms with Crippen molar-refractivity contribution in [1.82, 2.24) is 5.32 Å². The molecule has 82 valence electrons. The van der Waals surface area contributed by atoms with Crippen LogP contribution in [0.3, 0.4) is 0 Å². The van der Waals surface area contributed by atoms with Gasteiger partial charge in [-0.15, -0.1) is 4.52 Å². The highest BCUT2D eigenvalue weighted by molar-refractivity contribution is 7.39. The van der Waals surface area contributed by atoms with Crippen LogP contribution in [0.5, 0.6) is 0 Å². The van der Waals surface area contributed by atoms with Crippen molar-refractivity contribution >= 4 is 8.03 Å². The van der Waals surface area contributed by atoms with Gasteiger partial charge in [0.05, 0.1) is 6.61 Å². The minimum Gasteiger partial charge on any atom is -0.308 e. The SMILES string of the molecule is CCO[P+](=O)CCNCc1ccccc1. The van der Waals surface area contributed by atoms with Crippen molar-refractivity contribution in [2.24, 2.45) is 0 Å². The fourth-order valence-electron chi connectivity index (χ4n) is 1.21. The lowest BCUT2D eigenvalue weighted by Crippen LogP contribution is -2.16. The summed E-state index contributed by atoms with van der Waals surface area (Å²) in [5.41, 5.74) is 1.24. The Morgan fingerprint density at radius 1 is 1.33 bits per heavy atom. The van der Waals surface area contributed by atoms with Crippen LogP contribution in [0.2, 0.25) is 0 Å². The Bertz CT molecular complexity index is 290. The molecular weight excluding hydrogens is 209 g/mol. The van der Waals surface area contributed by atoms with E-state index in [1.807, 2.05) is 25.1 Å². The van der Waals surface area contributed by atoms with E-state index < -0.39 is 8.03 Å². The predicted molar refractivity (Wildman–Crippen MR) is 62.2 cm³/mol. The quantitative estimate of drug-likeness (QED) is 0.573. The first kappa shape index (κ1) is 12.3. The summed E-state index contributed by atoms with van der Waals surface area (Å²) in [6.07, 6.45) is 0.579. The minimum atomic E-state index is -1.47. The molecule has 0 saturated heterocycles. The molecule has 1 aromatic rings. The summed E-state index contributed by atoms with van der Waals surface area (Å²) in [6, 6.07) is 10.1. The van der Waals surface area contributed by atoms with Crippen molar-refractivity contribution in [2.45, 2.75) is 13.5 Å². The highest BCUT2D eigenvalue weighted by atomic mass is 31.1. The molecule has 0 bridgehead atoms. The van der Waals surface area contributed by atoms with Crippen LogP contribution in [-0.4, -0.2) is 19.3 Å². The molecule has 0 aromatic heterocycles. The number of benzene rings is 1. The molecular formula is C11H17NO2P+. The Morgan fingerprint density at radius 3 is 2.73 bits per heavy atom. The molecule has 1 aromatic carbocycles. The monoisotopic (exact) mass is 226 g/mol. The second-order valence-electron chi connectivity index (χ2n) is 3.14. The van der Waals surface area contributed by atoms with Gasteiger partial charge in [-0.2, -0.15) is 0 Å². The summed E-state index contributed by atoms with van der Waals surface area (Å²) >= 11 is 0. The minimum absolute atomic E-state index is 0.522. The number of nitrogens with one attached hydrogen (secondary N) is 1. The molecule has 0 aliphatic rings. The molecule has 0 fully saturated rings. The first-order chi connectivity index (χ1) is 7.33. The largest absolute Gasteiger partial charge is 0.509 e. The van der Waals surface area contributed by atoms with Crippen LogP contribution in [0.1, 0.15) is 12.5 Å². The molecule has 0 radical (unpaired) electrons. The molecule has 0 amide bonds. The zero-order valence-electron chi connectivity index (χ0n) is 8.98. The van der Waals surface area contributed by atoms with Gasteiger partial charge in [-0.1, -0.05) is 30.3 Å². The molecule has 1 unspecified atom stereocenters. The number of hydrogen-bond acceptors (Lipinski definition) is 3. The molecule has 0 spiro atoms. The molecule has 15 heavy (non-hydrogen) atoms. The van der Waals surface area contributed by atoms with Crippen molar-refractivity contribution in [3.8, 4) is 0 Å². The van der Waals surface area contributed by atoms with Gasteiger partial charge in [-0.3, -0.25) is 0 Å². The zero-order chi connectivity index (χ0) is 10.9. The second-order valence-corrected chi connectivity index (χ2v) is 4.51. The zero-order valence-corrected chi connectivity index (χ0v) is 9.87. The summed E-state index contributed by atoms with van der Waals surface area (Å²) in [5.74, 6) is 0. The van der Waals surface area contributed by atoms with E-state index in [-0.39, 0.29) is 0 Å². The van der Waals surface area contributed by atoms with E-state index in [9.17, 15) is 4.57 Å². The van der Waals surface area contributed by atoms with Crippen molar-refractivity contribution < 1.29 is 9.09 Å². The van der Waals surface area contributed by atoms with E-state index in [1.54, 1.807) is 0 Å². The highest BCUT2D eigenvalue weighted by Crippen LogP contribution is 2.19. The third-order valence-corrected chi connectivity index (χ3v) is 3.05. The summed E-state index contributed by atoms with van der Waals surface area (Å²) in [4.78, 5) is 0. The lowest BCUT2D eigenvalue weighted by Gasteiger charge is -2.00. The maximum atomic E-state index is 11.1.